The normalized spacial score (nSPS) is 14.2. The van der Waals surface area contributed by atoms with E-state index in [2.05, 4.69) is 4.99 Å². The van der Waals surface area contributed by atoms with Crippen LogP contribution in [0.2, 0.25) is 0 Å². The van der Waals surface area contributed by atoms with Gasteiger partial charge in [0, 0.05) is 24.6 Å². The maximum Gasteiger partial charge on any atom is 0.429 e. The molecule has 0 aliphatic rings. The number of hydrogen-bond donors (Lipinski definition) is 0. The molecule has 0 spiro atoms. The van der Waals surface area contributed by atoms with E-state index in [1.807, 2.05) is 0 Å². The number of nitrogens with zero attached hydrogens (tertiary/aromatic N) is 2. The molecule has 0 N–H and O–H groups in total. The van der Waals surface area contributed by atoms with Gasteiger partial charge < -0.3 is 0 Å². The molecule has 0 heterocycles. The number of alkyl halides is 3. The van der Waals surface area contributed by atoms with Gasteiger partial charge in [-0.3, -0.25) is 15.1 Å². The summed E-state index contributed by atoms with van der Waals surface area (Å²) >= 11 is 0. The SMILES string of the molecule is CCC(C)N=C(Cc1cccc([N+](=O)[O-])c1)C(F)(F)F. The van der Waals surface area contributed by atoms with Crippen molar-refractivity contribution in [1.29, 1.82) is 0 Å². The Morgan fingerprint density at radius 1 is 1.45 bits per heavy atom. The predicted molar refractivity (Wildman–Crippen MR) is 70.0 cm³/mol. The van der Waals surface area contributed by atoms with Crippen LogP contribution in [0.3, 0.4) is 0 Å². The lowest BCUT2D eigenvalue weighted by Crippen LogP contribution is -2.26. The number of nitro benzene ring substituents is 1. The van der Waals surface area contributed by atoms with E-state index in [0.717, 1.165) is 6.07 Å². The van der Waals surface area contributed by atoms with Gasteiger partial charge in [-0.15, -0.1) is 0 Å². The molecule has 1 unspecified atom stereocenters. The summed E-state index contributed by atoms with van der Waals surface area (Å²) in [5.74, 6) is 0. The second-order valence-electron chi connectivity index (χ2n) is 4.43. The summed E-state index contributed by atoms with van der Waals surface area (Å²) < 4.78 is 38.7. The molecule has 0 amide bonds. The van der Waals surface area contributed by atoms with Gasteiger partial charge in [0.05, 0.1) is 4.92 Å². The fourth-order valence-electron chi connectivity index (χ4n) is 1.55. The van der Waals surface area contributed by atoms with E-state index >= 15 is 0 Å². The fourth-order valence-corrected chi connectivity index (χ4v) is 1.55. The number of nitro groups is 1. The van der Waals surface area contributed by atoms with Crippen molar-refractivity contribution in [2.45, 2.75) is 38.9 Å². The average molecular weight is 288 g/mol. The highest BCUT2D eigenvalue weighted by Crippen LogP contribution is 2.23. The Bertz CT molecular complexity index is 513. The summed E-state index contributed by atoms with van der Waals surface area (Å²) in [5.41, 5.74) is -0.918. The minimum atomic E-state index is -4.53. The summed E-state index contributed by atoms with van der Waals surface area (Å²) in [6.45, 7) is 3.34. The molecule has 0 fully saturated rings. The highest BCUT2D eigenvalue weighted by Gasteiger charge is 2.35. The summed E-state index contributed by atoms with van der Waals surface area (Å²) in [7, 11) is 0. The first-order valence-electron chi connectivity index (χ1n) is 6.11. The standard InChI is InChI=1S/C13H15F3N2O2/c1-3-9(2)17-12(13(14,15)16)8-10-5-4-6-11(7-10)18(19)20/h4-7,9H,3,8H2,1-2H3. The van der Waals surface area contributed by atoms with E-state index in [1.165, 1.54) is 18.2 Å². The molecule has 1 aromatic carbocycles. The third kappa shape index (κ3) is 4.64. The van der Waals surface area contributed by atoms with E-state index in [4.69, 9.17) is 0 Å². The molecule has 4 nitrogen and oxygen atoms in total. The smallest absolute Gasteiger partial charge is 0.281 e. The van der Waals surface area contributed by atoms with Gasteiger partial charge in [0.1, 0.15) is 5.71 Å². The third-order valence-corrected chi connectivity index (χ3v) is 2.79. The molecule has 1 aromatic rings. The highest BCUT2D eigenvalue weighted by atomic mass is 19.4. The van der Waals surface area contributed by atoms with Crippen molar-refractivity contribution in [3.05, 3.63) is 39.9 Å². The zero-order valence-electron chi connectivity index (χ0n) is 11.1. The molecule has 0 aliphatic heterocycles. The van der Waals surface area contributed by atoms with Crippen LogP contribution in [0, 0.1) is 10.1 Å². The molecular weight excluding hydrogens is 273 g/mol. The minimum Gasteiger partial charge on any atom is -0.281 e. The van der Waals surface area contributed by atoms with Gasteiger partial charge >= 0.3 is 6.18 Å². The Labute approximate surface area is 114 Å². The maximum atomic E-state index is 12.9. The largest absolute Gasteiger partial charge is 0.429 e. The first-order valence-corrected chi connectivity index (χ1v) is 6.11. The van der Waals surface area contributed by atoms with E-state index < -0.39 is 29.3 Å². The molecule has 0 bridgehead atoms. The van der Waals surface area contributed by atoms with Crippen LogP contribution in [-0.4, -0.2) is 22.9 Å². The van der Waals surface area contributed by atoms with Gasteiger partial charge in [-0.25, -0.2) is 0 Å². The van der Waals surface area contributed by atoms with Gasteiger partial charge in [-0.05, 0) is 18.9 Å². The van der Waals surface area contributed by atoms with Crippen molar-refractivity contribution in [1.82, 2.24) is 0 Å². The molecule has 20 heavy (non-hydrogen) atoms. The molecular formula is C13H15F3N2O2. The average Bonchev–Trinajstić information content (AvgIpc) is 2.37. The van der Waals surface area contributed by atoms with Gasteiger partial charge in [0.25, 0.3) is 5.69 Å². The fraction of sp³-hybridized carbons (Fsp3) is 0.462. The Morgan fingerprint density at radius 2 is 2.10 bits per heavy atom. The lowest BCUT2D eigenvalue weighted by atomic mass is 10.1. The van der Waals surface area contributed by atoms with E-state index in [0.29, 0.717) is 6.42 Å². The van der Waals surface area contributed by atoms with Crippen molar-refractivity contribution in [3.8, 4) is 0 Å². The Balaban J connectivity index is 3.05. The second-order valence-corrected chi connectivity index (χ2v) is 4.43. The van der Waals surface area contributed by atoms with Crippen LogP contribution in [0.1, 0.15) is 25.8 Å². The molecule has 0 aliphatic carbocycles. The van der Waals surface area contributed by atoms with Gasteiger partial charge in [0.2, 0.25) is 0 Å². The van der Waals surface area contributed by atoms with Crippen molar-refractivity contribution in [3.63, 3.8) is 0 Å². The quantitative estimate of drug-likeness (QED) is 0.468. The van der Waals surface area contributed by atoms with E-state index in [-0.39, 0.29) is 11.3 Å². The lowest BCUT2D eigenvalue weighted by Gasteiger charge is -2.13. The zero-order valence-corrected chi connectivity index (χ0v) is 11.1. The second kappa shape index (κ2) is 6.49. The molecule has 110 valence electrons. The van der Waals surface area contributed by atoms with Crippen LogP contribution in [0.15, 0.2) is 29.3 Å². The number of non-ortho nitro benzene ring substituents is 1. The summed E-state index contributed by atoms with van der Waals surface area (Å²) in [4.78, 5) is 13.6. The van der Waals surface area contributed by atoms with Gasteiger partial charge in [-0.2, -0.15) is 13.2 Å². The Morgan fingerprint density at radius 3 is 2.60 bits per heavy atom. The number of benzene rings is 1. The number of hydrogen-bond acceptors (Lipinski definition) is 3. The molecule has 0 saturated heterocycles. The summed E-state index contributed by atoms with van der Waals surface area (Å²) in [5, 5.41) is 10.6. The molecule has 1 rings (SSSR count). The number of aliphatic imine (C=N–C) groups is 1. The van der Waals surface area contributed by atoms with Gasteiger partial charge in [0.15, 0.2) is 0 Å². The van der Waals surface area contributed by atoms with Crippen molar-refractivity contribution in [2.24, 2.45) is 4.99 Å². The van der Waals surface area contributed by atoms with Crippen LogP contribution in [-0.2, 0) is 6.42 Å². The number of rotatable bonds is 5. The first-order chi connectivity index (χ1) is 9.24. The van der Waals surface area contributed by atoms with E-state index in [9.17, 15) is 23.3 Å². The number of halogens is 3. The Kier molecular flexibility index (Phi) is 5.24. The third-order valence-electron chi connectivity index (χ3n) is 2.79. The van der Waals surface area contributed by atoms with Crippen LogP contribution >= 0.6 is 0 Å². The van der Waals surface area contributed by atoms with Crippen LogP contribution < -0.4 is 0 Å². The molecule has 0 radical (unpaired) electrons. The lowest BCUT2D eigenvalue weighted by molar-refractivity contribution is -0.384. The predicted octanol–water partition coefficient (Wildman–Crippen LogP) is 3.94. The highest BCUT2D eigenvalue weighted by molar-refractivity contribution is 5.91. The van der Waals surface area contributed by atoms with Crippen molar-refractivity contribution >= 4 is 11.4 Å². The monoisotopic (exact) mass is 288 g/mol. The van der Waals surface area contributed by atoms with E-state index in [1.54, 1.807) is 13.8 Å². The summed E-state index contributed by atoms with van der Waals surface area (Å²) in [6, 6.07) is 4.72. The summed E-state index contributed by atoms with van der Waals surface area (Å²) in [6.07, 6.45) is -4.50. The first kappa shape index (κ1) is 16.1. The molecule has 7 heteroatoms. The van der Waals surface area contributed by atoms with Crippen molar-refractivity contribution < 1.29 is 18.1 Å². The van der Waals surface area contributed by atoms with Crippen molar-refractivity contribution in [2.75, 3.05) is 0 Å². The van der Waals surface area contributed by atoms with Crippen LogP contribution in [0.4, 0.5) is 18.9 Å². The van der Waals surface area contributed by atoms with Crippen LogP contribution in [0.25, 0.3) is 0 Å². The maximum absolute atomic E-state index is 12.9. The van der Waals surface area contributed by atoms with Crippen LogP contribution in [0.5, 0.6) is 0 Å². The topological polar surface area (TPSA) is 55.5 Å². The van der Waals surface area contributed by atoms with Gasteiger partial charge in [-0.1, -0.05) is 19.1 Å². The zero-order chi connectivity index (χ0) is 15.3. The molecule has 0 saturated carbocycles. The molecule has 0 aromatic heterocycles. The molecule has 1 atom stereocenters. The Hall–Kier alpha value is -1.92. The minimum absolute atomic E-state index is 0.221.